The van der Waals surface area contributed by atoms with E-state index in [2.05, 4.69) is 32.2 Å². The number of fused-ring (bicyclic) bond motifs is 2. The number of carbonyl (C=O) groups excluding carboxylic acids is 4. The number of benzene rings is 10. The first-order chi connectivity index (χ1) is 48.5. The maximum absolute atomic E-state index is 12.4. The minimum atomic E-state index is -3.00. The van der Waals surface area contributed by atoms with Gasteiger partial charge in [-0.15, -0.1) is 0 Å². The van der Waals surface area contributed by atoms with Crippen LogP contribution in [-0.4, -0.2) is 76.4 Å². The van der Waals surface area contributed by atoms with Crippen molar-refractivity contribution in [2.45, 2.75) is 61.9 Å². The summed E-state index contributed by atoms with van der Waals surface area (Å²) < 4.78 is 119. The standard InChI is InChI=1S/C23H19ClN2O2.C14H14O.2C14H12O.C9H7ClN2O2.3CH4.BH4.Na/c1-15(16-8-10-18(11-9-16)17-6-4-3-5-7-17)26-22-19(23(27)28-2)12-13-21(24)20(22)14-25-26;3*1-11(15)12-7-9-14(10-8-12)13-5-3-2-4-6-13;1-14-9(13)5-2-3-7(10)6-4-11-12-8(5)6;;;;;/h3-15H,1-2H3;2-11,15H,1H3;2*2-10H,1H3;2-4H,1H3,(H,11,12);4*1H4;/q;;;;;;;;-1;+1/i1D3,15D;1D3,11D;1D3;;;;;;1D4;. The van der Waals surface area contributed by atoms with Crippen molar-refractivity contribution in [3.8, 4) is 44.5 Å². The van der Waals surface area contributed by atoms with Crippen molar-refractivity contribution in [1.29, 1.82) is 5.34 Å². The van der Waals surface area contributed by atoms with Crippen molar-refractivity contribution in [3.63, 3.8) is 0 Å². The topological polar surface area (TPSA) is 153 Å². The van der Waals surface area contributed by atoms with Crippen molar-refractivity contribution >= 4 is 76.8 Å². The molecule has 0 amide bonds. The Morgan fingerprint density at radius 2 is 0.880 bits per heavy atom. The molecule has 2 atom stereocenters. The van der Waals surface area contributed by atoms with Crippen LogP contribution in [0.15, 0.2) is 255 Å². The second-order valence-electron chi connectivity index (χ2n) is 19.0. The third kappa shape index (κ3) is 20.3. The average molecular weight is 1290 g/mol. The molecule has 92 heavy (non-hydrogen) atoms. The molecule has 0 bridgehead atoms. The summed E-state index contributed by atoms with van der Waals surface area (Å²) in [6.07, 6.45) is 0.351. The normalized spacial score (nSPS) is 14.1. The number of aliphatic hydroxyl groups is 1. The molecule has 2 N–H and O–H groups in total. The number of nitrogens with one attached hydrogen (secondary N) is 1. The zero-order chi connectivity index (χ0) is 75.7. The molecule has 12 aromatic rings. The van der Waals surface area contributed by atoms with Gasteiger partial charge in [-0.25, -0.2) is 14.9 Å². The Hall–Kier alpha value is -8.98. The molecule has 10 aromatic carbocycles. The Labute approximate surface area is 596 Å². The van der Waals surface area contributed by atoms with E-state index < -0.39 is 58.6 Å². The zero-order valence-electron chi connectivity index (χ0n) is 63.8. The number of aromatic amines is 1. The number of H-pyrrole nitrogens is 1. The van der Waals surface area contributed by atoms with Crippen molar-refractivity contribution < 1.29 is 78.4 Å². The predicted molar refractivity (Wildman–Crippen MR) is 382 cm³/mol. The van der Waals surface area contributed by atoms with Crippen LogP contribution in [0.25, 0.3) is 66.3 Å². The summed E-state index contributed by atoms with van der Waals surface area (Å²) >= 11 is 12.2. The molecule has 11 nitrogen and oxygen atoms in total. The van der Waals surface area contributed by atoms with Gasteiger partial charge in [0.1, 0.15) is 0 Å². The molecule has 0 radical (unpaired) electrons. The molecule has 468 valence electrons. The van der Waals surface area contributed by atoms with Crippen molar-refractivity contribution in [3.05, 3.63) is 298 Å². The van der Waals surface area contributed by atoms with Gasteiger partial charge in [0, 0.05) is 34.2 Å². The van der Waals surface area contributed by atoms with Gasteiger partial charge in [0.05, 0.1) is 73.7 Å². The van der Waals surface area contributed by atoms with E-state index in [1.807, 2.05) is 133 Å². The van der Waals surface area contributed by atoms with Gasteiger partial charge in [-0.05, 0) is 107 Å². The summed E-state index contributed by atoms with van der Waals surface area (Å²) in [5.74, 6) is -1.80. The van der Waals surface area contributed by atoms with Crippen molar-refractivity contribution in [1.82, 2.24) is 20.0 Å². The van der Waals surface area contributed by atoms with E-state index in [0.717, 1.165) is 54.6 Å². The summed E-state index contributed by atoms with van der Waals surface area (Å²) in [5.41, 5.74) is 10.5. The molecule has 0 aliphatic carbocycles. The van der Waals surface area contributed by atoms with Crippen LogP contribution in [0.2, 0.25) is 10.0 Å². The smallest absolute Gasteiger partial charge is 0.465 e. The molecule has 2 unspecified atom stereocenters. The number of methoxy groups -OCH3 is 2. The number of rotatable bonds is 11. The fourth-order valence-electron chi connectivity index (χ4n) is 8.83. The number of carbonyl (C=O) groups is 4. The van der Waals surface area contributed by atoms with E-state index in [0.29, 0.717) is 21.5 Å². The fourth-order valence-corrected chi connectivity index (χ4v) is 9.24. The van der Waals surface area contributed by atoms with Gasteiger partial charge in [0.15, 0.2) is 11.6 Å². The Morgan fingerprint density at radius 3 is 1.27 bits per heavy atom. The van der Waals surface area contributed by atoms with Gasteiger partial charge in [-0.2, -0.15) is 10.2 Å². The summed E-state index contributed by atoms with van der Waals surface area (Å²) in [5, 5.41) is 22.4. The van der Waals surface area contributed by atoms with Gasteiger partial charge < -0.3 is 14.6 Å². The molecule has 0 saturated heterocycles. The maximum atomic E-state index is 12.4. The molecule has 0 saturated carbocycles. The number of halogens is 2. The number of esters is 2. The zero-order valence-corrected chi connectivity index (χ0v) is 52.3. The first-order valence-corrected chi connectivity index (χ1v) is 27.6. The van der Waals surface area contributed by atoms with Crippen LogP contribution in [0, 0.1) is 0 Å². The summed E-state index contributed by atoms with van der Waals surface area (Å²) in [7, 11) is -0.442. The monoisotopic (exact) mass is 1290 g/mol. The van der Waals surface area contributed by atoms with Gasteiger partial charge in [-0.1, -0.05) is 272 Å². The average Bonchev–Trinajstić information content (AvgIpc) is 1.64. The van der Waals surface area contributed by atoms with Crippen LogP contribution in [0.5, 0.6) is 0 Å². The molecule has 2 heterocycles. The Morgan fingerprint density at radius 1 is 0.511 bits per heavy atom. The van der Waals surface area contributed by atoms with Gasteiger partial charge in [0.2, 0.25) is 0 Å². The van der Waals surface area contributed by atoms with Gasteiger partial charge >= 0.3 is 41.5 Å². The van der Waals surface area contributed by atoms with Crippen LogP contribution >= 0.6 is 23.2 Å². The molecule has 15 heteroatoms. The quantitative estimate of drug-likeness (QED) is 0.0732. The number of hydrogen-bond donors (Lipinski definition) is 2. The molecule has 0 aliphatic rings. The SMILES string of the molecule is C.C.C.CC(=O)c1ccc(-c2ccccc2)cc1.COC(=O)c1ccc(Cl)c2cn[nH]c12.[2H]C([2H])([2H])C(=O)c1ccc(-c2ccccc2)cc1.[2H]C([2H])([2H])C([2H])(O)c1ccc(-c2ccccc2)cc1.[2H]C([2H])([2H])C([2H])(c1ccc(-c2ccccc2)cc1)n1ncc2c(Cl)ccc(C(=O)OC)c21.[2H][B-]([2H])([2H])[2H].[Na+]. The van der Waals surface area contributed by atoms with Crippen LogP contribution < -0.4 is 29.6 Å². The van der Waals surface area contributed by atoms with E-state index >= 15 is 0 Å². The minimum absolute atomic E-state index is 0. The maximum Gasteiger partial charge on any atom is 1.00 e. The van der Waals surface area contributed by atoms with Crippen LogP contribution in [0.3, 0.4) is 0 Å². The Balaban J connectivity index is 0.000000349. The number of hydrogen-bond acceptors (Lipinski definition) is 9. The van der Waals surface area contributed by atoms with Crippen LogP contribution in [-0.2, 0) is 9.47 Å². The first-order valence-electron chi connectivity index (χ1n) is 34.7. The van der Waals surface area contributed by atoms with Gasteiger partial charge in [-0.3, -0.25) is 19.4 Å². The first kappa shape index (κ1) is 55.8. The molecule has 0 aliphatic heterocycles. The molecule has 0 fully saturated rings. The molecule has 2 aromatic heterocycles. The van der Waals surface area contributed by atoms with E-state index in [1.165, 1.54) is 50.2 Å². The largest absolute Gasteiger partial charge is 1.00 e. The number of Topliss-reactive ketones (excluding diaryl/α,β-unsaturated/α-hetero) is 2. The molecule has 12 rings (SSSR count). The summed E-state index contributed by atoms with van der Waals surface area (Å²) in [4.78, 5) is 46.4. The number of ketones is 2. The third-order valence-corrected chi connectivity index (χ3v) is 14.1. The van der Waals surface area contributed by atoms with Crippen LogP contribution in [0.1, 0.15) is 129 Å². The second-order valence-corrected chi connectivity index (χ2v) is 19.8. The minimum Gasteiger partial charge on any atom is -0.465 e. The summed E-state index contributed by atoms with van der Waals surface area (Å²) in [6.45, 7) is -6.59. The summed E-state index contributed by atoms with van der Waals surface area (Å²) in [6, 6.07) is 70.3. The van der Waals surface area contributed by atoms with Crippen molar-refractivity contribution in [2.24, 2.45) is 0 Å². The Kier molecular flexibility index (Phi) is 23.1. The predicted octanol–water partition coefficient (Wildman–Crippen LogP) is 15.7. The number of aromatic nitrogens is 4. The van der Waals surface area contributed by atoms with E-state index in [4.69, 9.17) is 48.4 Å². The number of ether oxygens (including phenoxy) is 2. The fraction of sp³-hybridized carbons (Fsp3) is 0.143. The van der Waals surface area contributed by atoms with Gasteiger partial charge in [0.25, 0.3) is 0 Å². The van der Waals surface area contributed by atoms with Crippen molar-refractivity contribution in [2.75, 3.05) is 14.2 Å². The molecule has 0 spiro atoms. The molecular weight excluding hydrogens is 1200 g/mol. The van der Waals surface area contributed by atoms with E-state index in [1.54, 1.807) is 85.9 Å². The number of nitrogens with zero attached hydrogens (tertiary/aromatic N) is 3. The van der Waals surface area contributed by atoms with E-state index in [-0.39, 0.29) is 90.4 Å². The second kappa shape index (κ2) is 38.0. The molecular formula is C77H80BCl2N4NaO7. The Bertz CT molecular complexity index is 4810. The third-order valence-electron chi connectivity index (χ3n) is 13.4. The van der Waals surface area contributed by atoms with Crippen LogP contribution in [0.4, 0.5) is 0 Å². The van der Waals surface area contributed by atoms with E-state index in [9.17, 15) is 24.3 Å².